The van der Waals surface area contributed by atoms with Gasteiger partial charge in [0, 0.05) is 23.8 Å². The average molecular weight is 255 g/mol. The average Bonchev–Trinajstić information content (AvgIpc) is 2.36. The topological polar surface area (TPSA) is 41.5 Å². The summed E-state index contributed by atoms with van der Waals surface area (Å²) in [5, 5.41) is 12.7. The number of thioether (sulfide) groups is 1. The maximum atomic E-state index is 9.54. The molecule has 1 rings (SSSR count). The molecule has 0 bridgehead atoms. The normalized spacial score (nSPS) is 14.6. The summed E-state index contributed by atoms with van der Waals surface area (Å²) in [6.07, 6.45) is -0.402. The van der Waals surface area contributed by atoms with Gasteiger partial charge >= 0.3 is 0 Å². The van der Waals surface area contributed by atoms with E-state index in [1.807, 2.05) is 7.05 Å². The SMILES string of the molecule is CNC(C)c1ccc(SCC(O)COC)cc1. The summed E-state index contributed by atoms with van der Waals surface area (Å²) >= 11 is 1.65. The zero-order valence-corrected chi connectivity index (χ0v) is 11.5. The quantitative estimate of drug-likeness (QED) is 0.732. The van der Waals surface area contributed by atoms with Gasteiger partial charge in [-0.2, -0.15) is 0 Å². The maximum absolute atomic E-state index is 9.54. The third kappa shape index (κ3) is 5.08. The first kappa shape index (κ1) is 14.5. The van der Waals surface area contributed by atoms with Gasteiger partial charge in [0.15, 0.2) is 0 Å². The molecule has 0 aliphatic carbocycles. The standard InChI is InChI=1S/C13H21NO2S/c1-10(14-2)11-4-6-13(7-5-11)17-9-12(15)8-16-3/h4-7,10,12,14-15H,8-9H2,1-3H3. The first-order valence-electron chi connectivity index (χ1n) is 5.74. The molecule has 4 heteroatoms. The molecule has 1 aromatic rings. The lowest BCUT2D eigenvalue weighted by Gasteiger charge is -2.12. The maximum Gasteiger partial charge on any atom is 0.0867 e. The Morgan fingerprint density at radius 2 is 2.00 bits per heavy atom. The lowest BCUT2D eigenvalue weighted by atomic mass is 10.1. The number of aliphatic hydroxyl groups excluding tert-OH is 1. The molecular weight excluding hydrogens is 234 g/mol. The Bertz CT molecular complexity index is 316. The molecule has 96 valence electrons. The summed E-state index contributed by atoms with van der Waals surface area (Å²) < 4.78 is 4.89. The molecular formula is C13H21NO2S. The van der Waals surface area contributed by atoms with Gasteiger partial charge in [-0.15, -0.1) is 11.8 Å². The van der Waals surface area contributed by atoms with Crippen LogP contribution in [0.15, 0.2) is 29.2 Å². The Balaban J connectivity index is 2.45. The van der Waals surface area contributed by atoms with Crippen LogP contribution < -0.4 is 5.32 Å². The van der Waals surface area contributed by atoms with E-state index in [0.717, 1.165) is 0 Å². The molecule has 1 aromatic carbocycles. The van der Waals surface area contributed by atoms with Crippen LogP contribution in [0.2, 0.25) is 0 Å². The lowest BCUT2D eigenvalue weighted by Crippen LogP contribution is -2.16. The van der Waals surface area contributed by atoms with E-state index in [1.54, 1.807) is 18.9 Å². The number of methoxy groups -OCH3 is 1. The molecule has 0 amide bonds. The van der Waals surface area contributed by atoms with Gasteiger partial charge in [-0.05, 0) is 31.7 Å². The largest absolute Gasteiger partial charge is 0.390 e. The predicted octanol–water partition coefficient (Wildman–Crippen LogP) is 2.07. The summed E-state index contributed by atoms with van der Waals surface area (Å²) in [6, 6.07) is 8.78. The van der Waals surface area contributed by atoms with Crippen LogP contribution in [0.3, 0.4) is 0 Å². The van der Waals surface area contributed by atoms with Crippen LogP contribution in [0.25, 0.3) is 0 Å². The van der Waals surface area contributed by atoms with E-state index >= 15 is 0 Å². The van der Waals surface area contributed by atoms with Crippen LogP contribution in [0.1, 0.15) is 18.5 Å². The van der Waals surface area contributed by atoms with Crippen molar-refractivity contribution in [2.45, 2.75) is 24.0 Å². The first-order chi connectivity index (χ1) is 8.17. The Morgan fingerprint density at radius 1 is 1.35 bits per heavy atom. The van der Waals surface area contributed by atoms with Crippen molar-refractivity contribution in [2.24, 2.45) is 0 Å². The van der Waals surface area contributed by atoms with Gasteiger partial charge in [-0.1, -0.05) is 12.1 Å². The van der Waals surface area contributed by atoms with Crippen LogP contribution in [-0.2, 0) is 4.74 Å². The van der Waals surface area contributed by atoms with Gasteiger partial charge in [-0.25, -0.2) is 0 Å². The molecule has 0 aliphatic heterocycles. The van der Waals surface area contributed by atoms with E-state index in [1.165, 1.54) is 10.5 Å². The van der Waals surface area contributed by atoms with Crippen molar-refractivity contribution in [3.63, 3.8) is 0 Å². The van der Waals surface area contributed by atoms with Gasteiger partial charge in [0.05, 0.1) is 12.7 Å². The second kappa shape index (κ2) is 7.71. The van der Waals surface area contributed by atoms with E-state index in [2.05, 4.69) is 36.5 Å². The molecule has 0 saturated heterocycles. The Morgan fingerprint density at radius 3 is 2.53 bits per heavy atom. The van der Waals surface area contributed by atoms with Crippen molar-refractivity contribution >= 4 is 11.8 Å². The highest BCUT2D eigenvalue weighted by Crippen LogP contribution is 2.21. The lowest BCUT2D eigenvalue weighted by molar-refractivity contribution is 0.0794. The Kier molecular flexibility index (Phi) is 6.58. The summed E-state index contributed by atoms with van der Waals surface area (Å²) in [6.45, 7) is 2.52. The van der Waals surface area contributed by atoms with Crippen molar-refractivity contribution in [3.8, 4) is 0 Å². The van der Waals surface area contributed by atoms with Crippen molar-refractivity contribution in [1.29, 1.82) is 0 Å². The Hall–Kier alpha value is -0.550. The van der Waals surface area contributed by atoms with Gasteiger partial charge in [0.1, 0.15) is 0 Å². The van der Waals surface area contributed by atoms with Crippen LogP contribution in [-0.4, -0.2) is 37.7 Å². The molecule has 17 heavy (non-hydrogen) atoms. The molecule has 0 fully saturated rings. The molecule has 0 spiro atoms. The molecule has 0 aromatic heterocycles. The van der Waals surface area contributed by atoms with Gasteiger partial charge in [0.2, 0.25) is 0 Å². The summed E-state index contributed by atoms with van der Waals surface area (Å²) in [4.78, 5) is 1.17. The third-order valence-electron chi connectivity index (χ3n) is 2.61. The number of nitrogens with one attached hydrogen (secondary N) is 1. The number of hydrogen-bond acceptors (Lipinski definition) is 4. The summed E-state index contributed by atoms with van der Waals surface area (Å²) in [5.74, 6) is 0.661. The molecule has 3 nitrogen and oxygen atoms in total. The van der Waals surface area contributed by atoms with Crippen molar-refractivity contribution in [3.05, 3.63) is 29.8 Å². The summed E-state index contributed by atoms with van der Waals surface area (Å²) in [7, 11) is 3.55. The van der Waals surface area contributed by atoms with E-state index in [9.17, 15) is 5.11 Å². The van der Waals surface area contributed by atoms with Gasteiger partial charge in [0.25, 0.3) is 0 Å². The predicted molar refractivity (Wildman–Crippen MR) is 72.5 cm³/mol. The van der Waals surface area contributed by atoms with E-state index in [-0.39, 0.29) is 0 Å². The molecule has 0 aliphatic rings. The van der Waals surface area contributed by atoms with Gasteiger partial charge in [-0.3, -0.25) is 0 Å². The molecule has 0 saturated carbocycles. The number of hydrogen-bond donors (Lipinski definition) is 2. The second-order valence-electron chi connectivity index (χ2n) is 4.00. The van der Waals surface area contributed by atoms with Crippen molar-refractivity contribution in [2.75, 3.05) is 26.5 Å². The molecule has 0 radical (unpaired) electrons. The van der Waals surface area contributed by atoms with Crippen molar-refractivity contribution < 1.29 is 9.84 Å². The first-order valence-corrected chi connectivity index (χ1v) is 6.73. The number of benzene rings is 1. The highest BCUT2D eigenvalue weighted by Gasteiger charge is 2.05. The number of rotatable bonds is 7. The minimum Gasteiger partial charge on any atom is -0.390 e. The Labute approximate surface area is 108 Å². The molecule has 2 unspecified atom stereocenters. The second-order valence-corrected chi connectivity index (χ2v) is 5.09. The highest BCUT2D eigenvalue weighted by molar-refractivity contribution is 7.99. The van der Waals surface area contributed by atoms with E-state index < -0.39 is 6.10 Å². The number of ether oxygens (including phenoxy) is 1. The van der Waals surface area contributed by atoms with Crippen molar-refractivity contribution in [1.82, 2.24) is 5.32 Å². The van der Waals surface area contributed by atoms with E-state index in [4.69, 9.17) is 4.74 Å². The van der Waals surface area contributed by atoms with Crippen LogP contribution in [0.4, 0.5) is 0 Å². The minimum absolute atomic E-state index is 0.369. The van der Waals surface area contributed by atoms with Crippen LogP contribution in [0.5, 0.6) is 0 Å². The monoisotopic (exact) mass is 255 g/mol. The van der Waals surface area contributed by atoms with Crippen LogP contribution in [0, 0.1) is 0 Å². The smallest absolute Gasteiger partial charge is 0.0867 e. The minimum atomic E-state index is -0.402. The van der Waals surface area contributed by atoms with Gasteiger partial charge < -0.3 is 15.2 Å². The zero-order valence-electron chi connectivity index (χ0n) is 10.6. The molecule has 2 N–H and O–H groups in total. The fourth-order valence-electron chi connectivity index (χ4n) is 1.45. The number of aliphatic hydroxyl groups is 1. The molecule has 2 atom stereocenters. The fourth-order valence-corrected chi connectivity index (χ4v) is 2.26. The van der Waals surface area contributed by atoms with E-state index in [0.29, 0.717) is 18.4 Å². The highest BCUT2D eigenvalue weighted by atomic mass is 32.2. The summed E-state index contributed by atoms with van der Waals surface area (Å²) in [5.41, 5.74) is 1.27. The molecule has 0 heterocycles. The van der Waals surface area contributed by atoms with Crippen LogP contribution >= 0.6 is 11.8 Å². The third-order valence-corrected chi connectivity index (χ3v) is 3.77. The fraction of sp³-hybridized carbons (Fsp3) is 0.538. The zero-order chi connectivity index (χ0) is 12.7.